The largest absolute Gasteiger partial charge is 0.370 e. The molecular formula is C13H23N3O. The molecule has 2 rings (SSSR count). The molecule has 1 spiro atoms. The second-order valence-electron chi connectivity index (χ2n) is 6.15. The summed E-state index contributed by atoms with van der Waals surface area (Å²) < 4.78 is 6.19. The first-order valence-electron chi connectivity index (χ1n) is 6.13. The minimum absolute atomic E-state index is 0.130. The molecule has 0 aromatic rings. The van der Waals surface area contributed by atoms with E-state index in [9.17, 15) is 0 Å². The Morgan fingerprint density at radius 3 is 2.59 bits per heavy atom. The smallest absolute Gasteiger partial charge is 0.192 e. The summed E-state index contributed by atoms with van der Waals surface area (Å²) in [6.45, 7) is 13.8. The lowest BCUT2D eigenvalue weighted by Crippen LogP contribution is -2.60. The van der Waals surface area contributed by atoms with Gasteiger partial charge in [-0.2, -0.15) is 0 Å². The minimum atomic E-state index is -0.260. The fourth-order valence-electron chi connectivity index (χ4n) is 3.40. The third-order valence-corrected chi connectivity index (χ3v) is 3.98. The van der Waals surface area contributed by atoms with Crippen LogP contribution in [0, 0.1) is 0 Å². The zero-order valence-corrected chi connectivity index (χ0v) is 11.3. The van der Waals surface area contributed by atoms with Crippen molar-refractivity contribution in [1.29, 1.82) is 0 Å². The van der Waals surface area contributed by atoms with Crippen LogP contribution in [0.4, 0.5) is 0 Å². The second-order valence-corrected chi connectivity index (χ2v) is 6.15. The van der Waals surface area contributed by atoms with Crippen LogP contribution in [0.15, 0.2) is 17.6 Å². The maximum Gasteiger partial charge on any atom is 0.192 e. The van der Waals surface area contributed by atoms with Gasteiger partial charge in [-0.25, -0.2) is 0 Å². The summed E-state index contributed by atoms with van der Waals surface area (Å²) in [7, 11) is 0. The molecule has 0 aliphatic carbocycles. The molecule has 0 bridgehead atoms. The molecule has 0 saturated carbocycles. The van der Waals surface area contributed by atoms with Crippen LogP contribution in [0.2, 0.25) is 0 Å². The van der Waals surface area contributed by atoms with E-state index in [1.165, 1.54) is 0 Å². The van der Waals surface area contributed by atoms with Crippen molar-refractivity contribution in [3.63, 3.8) is 0 Å². The van der Waals surface area contributed by atoms with Crippen LogP contribution in [0.1, 0.15) is 34.1 Å². The topological polar surface area (TPSA) is 50.8 Å². The molecule has 1 atom stereocenters. The lowest BCUT2D eigenvalue weighted by atomic mass is 9.78. The maximum absolute atomic E-state index is 6.19. The molecule has 2 heterocycles. The first-order chi connectivity index (χ1) is 7.74. The van der Waals surface area contributed by atoms with E-state index < -0.39 is 0 Å². The van der Waals surface area contributed by atoms with Gasteiger partial charge in [0.05, 0.1) is 23.3 Å². The predicted octanol–water partition coefficient (Wildman–Crippen LogP) is 1.52. The highest BCUT2D eigenvalue weighted by atomic mass is 16.5. The molecule has 0 aromatic carbocycles. The second kappa shape index (κ2) is 3.48. The summed E-state index contributed by atoms with van der Waals surface area (Å²) in [6, 6.07) is 0. The van der Waals surface area contributed by atoms with Gasteiger partial charge in [-0.05, 0) is 27.7 Å². The van der Waals surface area contributed by atoms with Gasteiger partial charge in [-0.1, -0.05) is 6.08 Å². The molecule has 1 saturated heterocycles. The third kappa shape index (κ3) is 1.66. The number of guanidine groups is 1. The zero-order valence-electron chi connectivity index (χ0n) is 11.3. The lowest BCUT2D eigenvalue weighted by Gasteiger charge is -2.43. The molecule has 96 valence electrons. The Morgan fingerprint density at radius 2 is 2.12 bits per heavy atom. The van der Waals surface area contributed by atoms with Gasteiger partial charge in [0.15, 0.2) is 5.96 Å². The SMILES string of the molecule is C=CCN1C(N)=NCC12CC(C)(C)OC2(C)C. The Labute approximate surface area is 104 Å². The standard InChI is InChI=1S/C13H23N3O/c1-6-7-16-10(14)15-9-13(16)8-11(2,3)17-12(13,4)5/h6H,1,7-9H2,2-5H3,(H2,14,15). The van der Waals surface area contributed by atoms with Crippen molar-refractivity contribution in [2.75, 3.05) is 13.1 Å². The molecule has 2 aliphatic rings. The maximum atomic E-state index is 6.19. The van der Waals surface area contributed by atoms with E-state index in [0.29, 0.717) is 12.5 Å². The van der Waals surface area contributed by atoms with Gasteiger partial charge in [-0.15, -0.1) is 6.58 Å². The van der Waals surface area contributed by atoms with E-state index in [1.807, 2.05) is 6.08 Å². The van der Waals surface area contributed by atoms with Gasteiger partial charge in [0.25, 0.3) is 0 Å². The quantitative estimate of drug-likeness (QED) is 0.741. The minimum Gasteiger partial charge on any atom is -0.370 e. The van der Waals surface area contributed by atoms with Gasteiger partial charge in [0.2, 0.25) is 0 Å². The summed E-state index contributed by atoms with van der Waals surface area (Å²) in [5.41, 5.74) is 5.48. The molecule has 0 aromatic heterocycles. The van der Waals surface area contributed by atoms with E-state index in [1.54, 1.807) is 0 Å². The summed E-state index contributed by atoms with van der Waals surface area (Å²) in [5, 5.41) is 0. The monoisotopic (exact) mass is 237 g/mol. The fourth-order valence-corrected chi connectivity index (χ4v) is 3.40. The van der Waals surface area contributed by atoms with Crippen LogP contribution >= 0.6 is 0 Å². The van der Waals surface area contributed by atoms with Crippen molar-refractivity contribution < 1.29 is 4.74 Å². The molecule has 2 aliphatic heterocycles. The molecular weight excluding hydrogens is 214 g/mol. The van der Waals surface area contributed by atoms with Crippen molar-refractivity contribution >= 4 is 5.96 Å². The Morgan fingerprint density at radius 1 is 1.47 bits per heavy atom. The first-order valence-corrected chi connectivity index (χ1v) is 6.13. The fraction of sp³-hybridized carbons (Fsp3) is 0.769. The van der Waals surface area contributed by atoms with Gasteiger partial charge < -0.3 is 15.4 Å². The Bertz CT molecular complexity index is 373. The van der Waals surface area contributed by atoms with Crippen LogP contribution in [-0.4, -0.2) is 40.7 Å². The Balaban J connectivity index is 2.39. The highest BCUT2D eigenvalue weighted by Gasteiger charge is 2.62. The van der Waals surface area contributed by atoms with Gasteiger partial charge in [-0.3, -0.25) is 4.99 Å². The van der Waals surface area contributed by atoms with Crippen LogP contribution in [0.3, 0.4) is 0 Å². The number of nitrogens with zero attached hydrogens (tertiary/aromatic N) is 2. The van der Waals surface area contributed by atoms with Crippen molar-refractivity contribution in [2.24, 2.45) is 10.7 Å². The summed E-state index contributed by atoms with van der Waals surface area (Å²) >= 11 is 0. The number of ether oxygens (including phenoxy) is 1. The van der Waals surface area contributed by atoms with Crippen molar-refractivity contribution in [3.8, 4) is 0 Å². The van der Waals surface area contributed by atoms with Crippen LogP contribution in [0.5, 0.6) is 0 Å². The predicted molar refractivity (Wildman–Crippen MR) is 70.0 cm³/mol. The molecule has 4 heteroatoms. The highest BCUT2D eigenvalue weighted by molar-refractivity contribution is 5.81. The molecule has 0 amide bonds. The normalized spacial score (nSPS) is 34.1. The van der Waals surface area contributed by atoms with E-state index in [4.69, 9.17) is 10.5 Å². The number of hydrogen-bond acceptors (Lipinski definition) is 4. The summed E-state index contributed by atoms with van der Waals surface area (Å²) in [4.78, 5) is 6.57. The molecule has 17 heavy (non-hydrogen) atoms. The summed E-state index contributed by atoms with van der Waals surface area (Å²) in [5.74, 6) is 0.610. The number of aliphatic imine (C=N–C) groups is 1. The van der Waals surface area contributed by atoms with Gasteiger partial charge in [0, 0.05) is 13.0 Å². The van der Waals surface area contributed by atoms with Crippen molar-refractivity contribution in [2.45, 2.75) is 50.9 Å². The van der Waals surface area contributed by atoms with Crippen LogP contribution in [-0.2, 0) is 4.74 Å². The molecule has 2 N–H and O–H groups in total. The van der Waals surface area contributed by atoms with Gasteiger partial charge in [0.1, 0.15) is 0 Å². The number of rotatable bonds is 2. The third-order valence-electron chi connectivity index (χ3n) is 3.98. The summed E-state index contributed by atoms with van der Waals surface area (Å²) in [6.07, 6.45) is 2.81. The Hall–Kier alpha value is -1.03. The van der Waals surface area contributed by atoms with Crippen LogP contribution < -0.4 is 5.73 Å². The lowest BCUT2D eigenvalue weighted by molar-refractivity contribution is -0.0907. The molecule has 4 nitrogen and oxygen atoms in total. The number of nitrogens with two attached hydrogens (primary N) is 1. The Kier molecular flexibility index (Phi) is 2.54. The van der Waals surface area contributed by atoms with E-state index in [2.05, 4.69) is 44.2 Å². The van der Waals surface area contributed by atoms with Crippen molar-refractivity contribution in [1.82, 2.24) is 4.90 Å². The number of hydrogen-bond donors (Lipinski definition) is 1. The van der Waals surface area contributed by atoms with Crippen LogP contribution in [0.25, 0.3) is 0 Å². The zero-order chi connectivity index (χ0) is 12.9. The average Bonchev–Trinajstić information content (AvgIpc) is 2.54. The molecule has 1 unspecified atom stereocenters. The van der Waals surface area contributed by atoms with Gasteiger partial charge >= 0.3 is 0 Å². The first kappa shape index (κ1) is 12.4. The average molecular weight is 237 g/mol. The molecule has 1 fully saturated rings. The molecule has 0 radical (unpaired) electrons. The highest BCUT2D eigenvalue weighted by Crippen LogP contribution is 2.50. The van der Waals surface area contributed by atoms with E-state index in [-0.39, 0.29) is 16.7 Å². The van der Waals surface area contributed by atoms with E-state index >= 15 is 0 Å². The van der Waals surface area contributed by atoms with Crippen molar-refractivity contribution in [3.05, 3.63) is 12.7 Å². The van der Waals surface area contributed by atoms with E-state index in [0.717, 1.165) is 13.0 Å².